The van der Waals surface area contributed by atoms with E-state index in [0.29, 0.717) is 17.8 Å². The summed E-state index contributed by atoms with van der Waals surface area (Å²) in [5.74, 6) is 1.37. The quantitative estimate of drug-likeness (QED) is 0.722. The molecule has 0 saturated carbocycles. The molecule has 1 N–H and O–H groups in total. The second-order valence-corrected chi connectivity index (χ2v) is 5.02. The number of hydrogen-bond acceptors (Lipinski definition) is 3. The molecule has 2 unspecified atom stereocenters. The largest absolute Gasteiger partial charge is 0.349 e. The molecule has 0 aromatic heterocycles. The van der Waals surface area contributed by atoms with Gasteiger partial charge in [-0.25, -0.2) is 0 Å². The highest BCUT2D eigenvalue weighted by molar-refractivity contribution is 7.99. The molecule has 1 saturated heterocycles. The summed E-state index contributed by atoms with van der Waals surface area (Å²) < 4.78 is 0. The first kappa shape index (κ1) is 10.9. The van der Waals surface area contributed by atoms with Gasteiger partial charge in [-0.05, 0) is 19.1 Å². The Bertz CT molecular complexity index is 184. The Hall–Kier alpha value is -0.220. The van der Waals surface area contributed by atoms with Crippen molar-refractivity contribution in [2.45, 2.75) is 31.2 Å². The second kappa shape index (κ2) is 4.86. The Morgan fingerprint density at radius 1 is 1.62 bits per heavy atom. The molecule has 76 valence electrons. The van der Waals surface area contributed by atoms with E-state index in [4.69, 9.17) is 0 Å². The van der Waals surface area contributed by atoms with E-state index in [1.807, 2.05) is 11.8 Å². The predicted molar refractivity (Wildman–Crippen MR) is 56.8 cm³/mol. The van der Waals surface area contributed by atoms with Crippen LogP contribution in [0, 0.1) is 0 Å². The molecule has 0 bridgehead atoms. The lowest BCUT2D eigenvalue weighted by Crippen LogP contribution is -2.41. The molecule has 1 aliphatic heterocycles. The van der Waals surface area contributed by atoms with Crippen LogP contribution in [0.25, 0.3) is 0 Å². The van der Waals surface area contributed by atoms with Gasteiger partial charge in [0.05, 0.1) is 11.8 Å². The zero-order valence-electron chi connectivity index (χ0n) is 8.54. The number of rotatable bonds is 2. The molecule has 0 aliphatic carbocycles. The van der Waals surface area contributed by atoms with Gasteiger partial charge in [0, 0.05) is 20.1 Å². The van der Waals surface area contributed by atoms with Crippen molar-refractivity contribution in [1.29, 1.82) is 0 Å². The number of hydrogen-bond donors (Lipinski definition) is 1. The van der Waals surface area contributed by atoms with Crippen molar-refractivity contribution in [1.82, 2.24) is 10.2 Å². The van der Waals surface area contributed by atoms with Crippen molar-refractivity contribution in [2.24, 2.45) is 0 Å². The van der Waals surface area contributed by atoms with Crippen LogP contribution in [0.4, 0.5) is 0 Å². The summed E-state index contributed by atoms with van der Waals surface area (Å²) in [5.41, 5.74) is 0. The highest BCUT2D eigenvalue weighted by atomic mass is 32.2. The van der Waals surface area contributed by atoms with Crippen LogP contribution in [-0.4, -0.2) is 42.1 Å². The fraction of sp³-hybridized carbons (Fsp3) is 0.889. The maximum Gasteiger partial charge on any atom is 0.224 e. The van der Waals surface area contributed by atoms with Gasteiger partial charge in [0.25, 0.3) is 0 Å². The Balaban J connectivity index is 2.31. The number of nitrogens with zero attached hydrogens (tertiary/aromatic N) is 1. The fourth-order valence-corrected chi connectivity index (χ4v) is 2.66. The molecule has 2 atom stereocenters. The zero-order chi connectivity index (χ0) is 9.84. The highest BCUT2D eigenvalue weighted by Crippen LogP contribution is 2.20. The van der Waals surface area contributed by atoms with Gasteiger partial charge in [0.15, 0.2) is 0 Å². The van der Waals surface area contributed by atoms with Gasteiger partial charge in [0.2, 0.25) is 5.91 Å². The third-order valence-corrected chi connectivity index (χ3v) is 3.38. The van der Waals surface area contributed by atoms with E-state index < -0.39 is 0 Å². The Morgan fingerprint density at radius 2 is 2.31 bits per heavy atom. The van der Waals surface area contributed by atoms with Crippen molar-refractivity contribution in [2.75, 3.05) is 19.8 Å². The topological polar surface area (TPSA) is 32.3 Å². The number of thioether (sulfide) groups is 1. The maximum absolute atomic E-state index is 11.4. The maximum atomic E-state index is 11.4. The molecular formula is C9H18N2OS. The van der Waals surface area contributed by atoms with Gasteiger partial charge >= 0.3 is 0 Å². The zero-order valence-corrected chi connectivity index (χ0v) is 9.36. The summed E-state index contributed by atoms with van der Waals surface area (Å²) in [6, 6.07) is 0.557. The van der Waals surface area contributed by atoms with Crippen LogP contribution in [0.3, 0.4) is 0 Å². The summed E-state index contributed by atoms with van der Waals surface area (Å²) in [6.07, 6.45) is 1.82. The van der Waals surface area contributed by atoms with Gasteiger partial charge in [0.1, 0.15) is 0 Å². The van der Waals surface area contributed by atoms with E-state index in [9.17, 15) is 4.79 Å². The van der Waals surface area contributed by atoms with Gasteiger partial charge in [-0.15, -0.1) is 11.8 Å². The number of carbonyl (C=O) groups is 1. The molecule has 1 amide bonds. The van der Waals surface area contributed by atoms with Crippen LogP contribution >= 0.6 is 11.8 Å². The van der Waals surface area contributed by atoms with Crippen LogP contribution in [0.5, 0.6) is 0 Å². The number of carbonyl (C=O) groups excluding carboxylic acids is 1. The van der Waals surface area contributed by atoms with Gasteiger partial charge in [-0.1, -0.05) is 0 Å². The molecule has 0 aromatic carbocycles. The fourth-order valence-electron chi connectivity index (χ4n) is 1.29. The molecule has 13 heavy (non-hydrogen) atoms. The average molecular weight is 202 g/mol. The van der Waals surface area contributed by atoms with Crippen molar-refractivity contribution in [3.8, 4) is 0 Å². The van der Waals surface area contributed by atoms with Crippen LogP contribution in [0.15, 0.2) is 0 Å². The Labute approximate surface area is 84.2 Å². The second-order valence-electron chi connectivity index (χ2n) is 3.71. The predicted octanol–water partition coefficient (Wildman–Crippen LogP) is 0.906. The van der Waals surface area contributed by atoms with Crippen molar-refractivity contribution >= 4 is 17.7 Å². The monoisotopic (exact) mass is 202 g/mol. The molecule has 0 radical (unpaired) electrons. The van der Waals surface area contributed by atoms with Crippen LogP contribution < -0.4 is 5.32 Å². The Morgan fingerprint density at radius 3 is 2.85 bits per heavy atom. The van der Waals surface area contributed by atoms with Crippen LogP contribution in [0.1, 0.15) is 19.8 Å². The normalized spacial score (nSPS) is 28.5. The summed E-state index contributed by atoms with van der Waals surface area (Å²) in [6.45, 7) is 2.17. The third-order valence-electron chi connectivity index (χ3n) is 2.20. The highest BCUT2D eigenvalue weighted by Gasteiger charge is 2.21. The van der Waals surface area contributed by atoms with Gasteiger partial charge in [-0.3, -0.25) is 4.79 Å². The van der Waals surface area contributed by atoms with Crippen molar-refractivity contribution in [3.63, 3.8) is 0 Å². The van der Waals surface area contributed by atoms with Crippen molar-refractivity contribution in [3.05, 3.63) is 0 Å². The lowest BCUT2D eigenvalue weighted by atomic mass is 10.2. The molecular weight excluding hydrogens is 184 g/mol. The first-order valence-corrected chi connectivity index (χ1v) is 5.72. The first-order valence-electron chi connectivity index (χ1n) is 4.67. The summed E-state index contributed by atoms with van der Waals surface area (Å²) in [7, 11) is 3.61. The van der Waals surface area contributed by atoms with Crippen molar-refractivity contribution < 1.29 is 4.79 Å². The van der Waals surface area contributed by atoms with E-state index in [-0.39, 0.29) is 5.91 Å². The minimum atomic E-state index is 0.208. The molecule has 1 fully saturated rings. The molecule has 4 heteroatoms. The summed E-state index contributed by atoms with van der Waals surface area (Å²) in [5, 5.41) is 3.74. The molecule has 0 aromatic rings. The first-order chi connectivity index (χ1) is 6.09. The van der Waals surface area contributed by atoms with E-state index in [1.54, 1.807) is 19.0 Å². The van der Waals surface area contributed by atoms with Crippen LogP contribution in [-0.2, 0) is 4.79 Å². The molecule has 1 heterocycles. The van der Waals surface area contributed by atoms with Crippen LogP contribution in [0.2, 0.25) is 0 Å². The van der Waals surface area contributed by atoms with E-state index in [1.165, 1.54) is 12.2 Å². The van der Waals surface area contributed by atoms with Gasteiger partial charge in [-0.2, -0.15) is 0 Å². The van der Waals surface area contributed by atoms with Gasteiger partial charge < -0.3 is 10.2 Å². The lowest BCUT2D eigenvalue weighted by molar-refractivity contribution is -0.128. The van der Waals surface area contributed by atoms with E-state index in [2.05, 4.69) is 12.2 Å². The Kier molecular flexibility index (Phi) is 4.06. The molecule has 1 aliphatic rings. The summed E-state index contributed by atoms with van der Waals surface area (Å²) >= 11 is 1.85. The minimum absolute atomic E-state index is 0.208. The molecule has 0 spiro atoms. The minimum Gasteiger partial charge on any atom is -0.349 e. The van der Waals surface area contributed by atoms with E-state index >= 15 is 0 Å². The SMILES string of the molecule is CC1CCSC(CC(=O)N(C)C)N1. The number of nitrogens with one attached hydrogen (secondary N) is 1. The lowest BCUT2D eigenvalue weighted by Gasteiger charge is -2.28. The number of amides is 1. The molecule has 3 nitrogen and oxygen atoms in total. The smallest absolute Gasteiger partial charge is 0.224 e. The third kappa shape index (κ3) is 3.56. The van der Waals surface area contributed by atoms with E-state index in [0.717, 1.165) is 0 Å². The average Bonchev–Trinajstić information content (AvgIpc) is 2.04. The standard InChI is InChI=1S/C9H18N2OS/c1-7-4-5-13-8(10-7)6-9(12)11(2)3/h7-8,10H,4-6H2,1-3H3. The molecule has 1 rings (SSSR count). The summed E-state index contributed by atoms with van der Waals surface area (Å²) in [4.78, 5) is 13.0.